The summed E-state index contributed by atoms with van der Waals surface area (Å²) in [7, 11) is 0. The number of hydrogen-bond acceptors (Lipinski definition) is 4. The average molecular weight is 141 g/mol. The maximum absolute atomic E-state index is 10.5. The van der Waals surface area contributed by atoms with Crippen molar-refractivity contribution in [1.29, 1.82) is 0 Å². The molecule has 0 bridgehead atoms. The van der Waals surface area contributed by atoms with Crippen molar-refractivity contribution in [3.8, 4) is 0 Å². The molecule has 4 heteroatoms. The molecule has 54 valence electrons. The topological polar surface area (TPSA) is 77.8 Å². The molecule has 0 saturated heterocycles. The average Bonchev–Trinajstić information content (AvgIpc) is 2.00. The monoisotopic (exact) mass is 141 g/mol. The lowest BCUT2D eigenvalue weighted by atomic mass is 10.2. The van der Waals surface area contributed by atoms with E-state index in [1.54, 1.807) is 0 Å². The molecule has 0 heterocycles. The van der Waals surface area contributed by atoms with Crippen LogP contribution in [-0.2, 0) is 4.79 Å². The van der Waals surface area contributed by atoms with Gasteiger partial charge in [0.25, 0.3) is 0 Å². The van der Waals surface area contributed by atoms with Crippen LogP contribution in [0.2, 0.25) is 0 Å². The maximum Gasteiger partial charge on any atom is 0.122 e. The Labute approximate surface area is 62.6 Å². The molecule has 0 saturated carbocycles. The number of carbonyl (C=O) groups excluding carboxylic acids is 1. The summed E-state index contributed by atoms with van der Waals surface area (Å²) in [5.41, 5.74) is 0. The molecule has 0 aliphatic rings. The van der Waals surface area contributed by atoms with Crippen molar-refractivity contribution in [1.82, 2.24) is 0 Å². The first-order valence-corrected chi connectivity index (χ1v) is 1.87. The van der Waals surface area contributed by atoms with Crippen molar-refractivity contribution in [2.75, 3.05) is 6.56 Å². The predicted molar refractivity (Wildman–Crippen MR) is 29.8 cm³/mol. The molecule has 4 nitrogen and oxygen atoms in total. The zero-order valence-corrected chi connectivity index (χ0v) is 4.25. The van der Waals surface area contributed by atoms with E-state index in [1.807, 2.05) is 0 Å². The summed E-state index contributed by atoms with van der Waals surface area (Å²) in [6.45, 7) is -3.87. The highest BCUT2D eigenvalue weighted by atomic mass is 16.4. The molecular weight excluding hydrogens is 124 g/mol. The Morgan fingerprint density at radius 1 is 1.78 bits per heavy atom. The Bertz CT molecular complexity index is 294. The minimum atomic E-state index is -4.06. The second kappa shape index (κ2) is 4.43. The first-order chi connectivity index (χ1) is 6.69. The van der Waals surface area contributed by atoms with Gasteiger partial charge in [0, 0.05) is 9.11 Å². The second-order valence-electron chi connectivity index (χ2n) is 1.04. The van der Waals surface area contributed by atoms with E-state index in [0.29, 0.717) is 0 Å². The first kappa shape index (κ1) is 2.30. The van der Waals surface area contributed by atoms with E-state index in [-0.39, 0.29) is 0 Å². The van der Waals surface area contributed by atoms with Crippen molar-refractivity contribution >= 4 is 6.26 Å². The van der Waals surface area contributed by atoms with Crippen molar-refractivity contribution in [2.24, 2.45) is 0 Å². The molecular formula is C5H10O4. The van der Waals surface area contributed by atoms with Gasteiger partial charge in [-0.05, 0) is 0 Å². The van der Waals surface area contributed by atoms with E-state index < -0.39 is 31.4 Å². The molecule has 0 aliphatic heterocycles. The lowest BCUT2D eigenvalue weighted by Gasteiger charge is -2.11. The molecule has 0 aromatic carbocycles. The van der Waals surface area contributed by atoms with Crippen LogP contribution in [0.1, 0.15) is 16.0 Å². The molecule has 2 atom stereocenters. The van der Waals surface area contributed by atoms with Crippen molar-refractivity contribution in [2.45, 2.75) is 18.5 Å². The molecule has 0 aliphatic carbocycles. The Balaban J connectivity index is 5.62. The minimum absolute atomic E-state index is 2.14. The largest absolute Gasteiger partial charge is 0.394 e. The molecule has 0 amide bonds. The highest BCUT2D eigenvalue weighted by Crippen LogP contribution is 1.94. The first-order valence-electron chi connectivity index (χ1n) is 5.37. The fourth-order valence-corrected chi connectivity index (χ4v) is 0.160. The van der Waals surface area contributed by atoms with E-state index in [2.05, 4.69) is 0 Å². The molecule has 0 spiro atoms. The number of hydrogen-bond donors (Lipinski definition) is 3. The Hall–Kier alpha value is -0.450. The quantitative estimate of drug-likeness (QED) is 0.407. The van der Waals surface area contributed by atoms with Crippen LogP contribution in [0.5, 0.6) is 0 Å². The minimum Gasteiger partial charge on any atom is -0.394 e. The van der Waals surface area contributed by atoms with Crippen molar-refractivity contribution in [3.05, 3.63) is 0 Å². The predicted octanol–water partition coefficient (Wildman–Crippen LogP) is -1.71. The van der Waals surface area contributed by atoms with Gasteiger partial charge in [-0.15, -0.1) is 0 Å². The molecule has 0 aromatic heterocycles. The van der Waals surface area contributed by atoms with Gasteiger partial charge >= 0.3 is 0 Å². The van der Waals surface area contributed by atoms with E-state index in [1.165, 1.54) is 0 Å². The zero-order valence-electron chi connectivity index (χ0n) is 11.2. The van der Waals surface area contributed by atoms with Gasteiger partial charge in [0.15, 0.2) is 0 Å². The van der Waals surface area contributed by atoms with Crippen LogP contribution in [0.3, 0.4) is 0 Å². The Kier molecular flexibility index (Phi) is 1.13. The zero-order chi connectivity index (χ0) is 13.6. The lowest BCUT2D eigenvalue weighted by Crippen LogP contribution is -2.29. The molecule has 0 aromatic rings. The highest BCUT2D eigenvalue weighted by Gasteiger charge is 2.13. The van der Waals surface area contributed by atoms with Gasteiger partial charge in [-0.2, -0.15) is 0 Å². The van der Waals surface area contributed by atoms with Crippen LogP contribution >= 0.6 is 0 Å². The number of carbonyl (C=O) groups is 1. The summed E-state index contributed by atoms with van der Waals surface area (Å²) >= 11 is 0. The fraction of sp³-hybridized carbons (Fsp3) is 0.800. The third-order valence-electron chi connectivity index (χ3n) is 0.500. The van der Waals surface area contributed by atoms with Crippen LogP contribution in [0.25, 0.3) is 0 Å². The molecule has 0 radical (unpaired) electrons. The van der Waals surface area contributed by atoms with Crippen LogP contribution in [0.15, 0.2) is 0 Å². The normalized spacial score (nSPS) is 38.3. The molecule has 0 unspecified atom stereocenters. The summed E-state index contributed by atoms with van der Waals surface area (Å²) in [5.74, 6) is 0. The van der Waals surface area contributed by atoms with E-state index in [9.17, 15) is 9.90 Å². The van der Waals surface area contributed by atoms with Crippen LogP contribution in [-0.4, -0.2) is 40.3 Å². The van der Waals surface area contributed by atoms with Gasteiger partial charge in [0.05, 0.1) is 18.1 Å². The highest BCUT2D eigenvalue weighted by molar-refractivity contribution is 5.50. The Morgan fingerprint density at radius 3 is 2.67 bits per heavy atom. The van der Waals surface area contributed by atoms with E-state index in [0.717, 1.165) is 0 Å². The summed E-state index contributed by atoms with van der Waals surface area (Å²) in [4.78, 5) is 10.5. The number of rotatable bonds is 4. The van der Waals surface area contributed by atoms with Gasteiger partial charge in [-0.1, -0.05) is 0 Å². The lowest BCUT2D eigenvalue weighted by molar-refractivity contribution is -0.111. The van der Waals surface area contributed by atoms with Gasteiger partial charge < -0.3 is 20.1 Å². The molecule has 0 rings (SSSR count). The summed E-state index contributed by atoms with van der Waals surface area (Å²) < 4.78 is 47.1. The van der Waals surface area contributed by atoms with Crippen LogP contribution in [0.4, 0.5) is 0 Å². The fourth-order valence-electron chi connectivity index (χ4n) is 0.160. The molecule has 3 N–H and O–H groups in total. The Morgan fingerprint density at radius 2 is 2.33 bits per heavy atom. The molecule has 0 fully saturated rings. The number of aldehydes is 1. The third-order valence-corrected chi connectivity index (χ3v) is 0.500. The van der Waals surface area contributed by atoms with Crippen molar-refractivity contribution in [3.63, 3.8) is 0 Å². The van der Waals surface area contributed by atoms with Gasteiger partial charge in [0.2, 0.25) is 0 Å². The van der Waals surface area contributed by atoms with Gasteiger partial charge in [-0.3, -0.25) is 0 Å². The number of aliphatic hydroxyl groups is 3. The summed E-state index contributed by atoms with van der Waals surface area (Å²) in [6.07, 6.45) is -14.0. The van der Waals surface area contributed by atoms with E-state index in [4.69, 9.17) is 19.8 Å². The summed E-state index contributed by atoms with van der Waals surface area (Å²) in [5, 5.41) is 27.0. The van der Waals surface area contributed by atoms with Gasteiger partial charge in [0.1, 0.15) is 13.7 Å². The van der Waals surface area contributed by atoms with Crippen LogP contribution < -0.4 is 0 Å². The standard InChI is InChI=1S/C5H10O4/c6-2-1-4(8)5(9)3-7/h2,4-5,7-9H,1,3H2/t4-,5+/m0/s1/i1D2,2D,3D2,4D,5D. The third kappa shape index (κ3) is 3.18. The van der Waals surface area contributed by atoms with Crippen molar-refractivity contribution < 1.29 is 29.7 Å². The maximum atomic E-state index is 10.5. The van der Waals surface area contributed by atoms with Gasteiger partial charge in [-0.25, -0.2) is 0 Å². The SMILES string of the molecule is [2H]C(=O)C([2H])([2H])[C@]([2H])(O)[C@]([2H])(O)C([2H])([2H])O. The summed E-state index contributed by atoms with van der Waals surface area (Å²) in [6, 6.07) is 0. The molecule has 9 heavy (non-hydrogen) atoms. The van der Waals surface area contributed by atoms with Crippen LogP contribution in [0, 0.1) is 0 Å². The smallest absolute Gasteiger partial charge is 0.122 e. The second-order valence-corrected chi connectivity index (χ2v) is 1.04. The van der Waals surface area contributed by atoms with E-state index >= 15 is 0 Å².